The Balaban J connectivity index is 1.64. The van der Waals surface area contributed by atoms with E-state index in [4.69, 9.17) is 9.47 Å². The minimum atomic E-state index is -0.389. The van der Waals surface area contributed by atoms with Crippen LogP contribution < -0.4 is 19.7 Å². The maximum absolute atomic E-state index is 13.7. The van der Waals surface area contributed by atoms with Gasteiger partial charge in [-0.05, 0) is 62.6 Å². The molecular weight excluding hydrogens is 416 g/mol. The van der Waals surface area contributed by atoms with Gasteiger partial charge in [-0.2, -0.15) is 0 Å². The Labute approximate surface area is 192 Å². The zero-order valence-electron chi connectivity index (χ0n) is 19.0. The largest absolute Gasteiger partial charge is 0.454 e. The van der Waals surface area contributed by atoms with Crippen molar-refractivity contribution in [3.05, 3.63) is 88.1 Å². The van der Waals surface area contributed by atoms with Gasteiger partial charge in [0.1, 0.15) is 5.70 Å². The molecule has 0 atom stereocenters. The lowest BCUT2D eigenvalue weighted by atomic mass is 9.97. The molecule has 33 heavy (non-hydrogen) atoms. The van der Waals surface area contributed by atoms with Crippen molar-refractivity contribution in [2.24, 2.45) is 0 Å². The Hall–Kier alpha value is -4.06. The fourth-order valence-electron chi connectivity index (χ4n) is 4.38. The van der Waals surface area contributed by atoms with Crippen molar-refractivity contribution < 1.29 is 19.1 Å². The number of benzene rings is 3. The first kappa shape index (κ1) is 20.8. The van der Waals surface area contributed by atoms with E-state index in [9.17, 15) is 9.59 Å². The molecule has 0 radical (unpaired) electrons. The number of carbonyl (C=O) groups excluding carboxylic acids is 2. The van der Waals surface area contributed by atoms with Crippen LogP contribution >= 0.6 is 0 Å². The number of imide groups is 1. The molecule has 0 bridgehead atoms. The normalized spacial score (nSPS) is 15.0. The summed E-state index contributed by atoms with van der Waals surface area (Å²) >= 11 is 0. The van der Waals surface area contributed by atoms with Crippen molar-refractivity contribution in [2.45, 2.75) is 27.7 Å². The fourth-order valence-corrected chi connectivity index (χ4v) is 4.38. The number of hydrogen-bond donors (Lipinski definition) is 1. The Morgan fingerprint density at radius 2 is 1.45 bits per heavy atom. The average molecular weight is 440 g/mol. The molecule has 1 N–H and O–H groups in total. The number of nitrogens with zero attached hydrogens (tertiary/aromatic N) is 1. The number of nitrogens with one attached hydrogen (secondary N) is 1. The Morgan fingerprint density at radius 3 is 2.18 bits per heavy atom. The van der Waals surface area contributed by atoms with Crippen molar-refractivity contribution in [2.75, 3.05) is 17.0 Å². The van der Waals surface area contributed by atoms with Gasteiger partial charge >= 0.3 is 0 Å². The first-order valence-electron chi connectivity index (χ1n) is 10.8. The number of anilines is 2. The molecule has 0 aromatic heterocycles. The summed E-state index contributed by atoms with van der Waals surface area (Å²) in [5.74, 6) is 0.508. The Morgan fingerprint density at radius 1 is 0.758 bits per heavy atom. The molecule has 6 nitrogen and oxygen atoms in total. The molecule has 3 aromatic rings. The van der Waals surface area contributed by atoms with Gasteiger partial charge in [0.05, 0.1) is 11.3 Å². The molecule has 0 saturated heterocycles. The number of carbonyl (C=O) groups is 2. The Bertz CT molecular complexity index is 1360. The van der Waals surface area contributed by atoms with Gasteiger partial charge in [0.25, 0.3) is 11.8 Å². The van der Waals surface area contributed by atoms with Crippen LogP contribution in [0.4, 0.5) is 11.4 Å². The third-order valence-electron chi connectivity index (χ3n) is 5.97. The first-order valence-corrected chi connectivity index (χ1v) is 10.8. The molecule has 2 amide bonds. The molecular formula is C27H24N2O4. The van der Waals surface area contributed by atoms with Gasteiger partial charge in [0.15, 0.2) is 11.5 Å². The standard InChI is InChI=1S/C27H24N2O4/c1-15-5-8-20(17(3)11-15)24-25(28-19-7-10-22-23(13-19)33-14-32-22)27(31)29(26(24)30)21-9-6-16(2)12-18(21)4/h5-13,28H,14H2,1-4H3. The van der Waals surface area contributed by atoms with Crippen molar-refractivity contribution in [1.29, 1.82) is 0 Å². The van der Waals surface area contributed by atoms with Crippen LogP contribution in [0.2, 0.25) is 0 Å². The van der Waals surface area contributed by atoms with Gasteiger partial charge in [0.2, 0.25) is 6.79 Å². The van der Waals surface area contributed by atoms with Crippen LogP contribution in [0.15, 0.2) is 60.3 Å². The minimum absolute atomic E-state index is 0.160. The summed E-state index contributed by atoms with van der Waals surface area (Å²) in [6, 6.07) is 16.9. The lowest BCUT2D eigenvalue weighted by Crippen LogP contribution is -2.33. The molecule has 3 aromatic carbocycles. The number of rotatable bonds is 4. The average Bonchev–Trinajstić information content (AvgIpc) is 3.32. The summed E-state index contributed by atoms with van der Waals surface area (Å²) in [6.07, 6.45) is 0. The van der Waals surface area contributed by atoms with Crippen LogP contribution in [-0.2, 0) is 9.59 Å². The molecule has 0 saturated carbocycles. The number of fused-ring (bicyclic) bond motifs is 1. The maximum atomic E-state index is 13.7. The molecule has 166 valence electrons. The van der Waals surface area contributed by atoms with Crippen LogP contribution in [0, 0.1) is 27.7 Å². The second-order valence-corrected chi connectivity index (χ2v) is 8.50. The smallest absolute Gasteiger partial charge is 0.282 e. The molecule has 2 heterocycles. The van der Waals surface area contributed by atoms with Crippen LogP contribution in [0.1, 0.15) is 27.8 Å². The molecule has 0 aliphatic carbocycles. The highest BCUT2D eigenvalue weighted by Crippen LogP contribution is 2.39. The number of ether oxygens (including phenoxy) is 2. The van der Waals surface area contributed by atoms with Gasteiger partial charge in [-0.1, -0.05) is 41.5 Å². The van der Waals surface area contributed by atoms with Gasteiger partial charge in [-0.15, -0.1) is 0 Å². The van der Waals surface area contributed by atoms with Gasteiger partial charge in [-0.3, -0.25) is 9.59 Å². The SMILES string of the molecule is Cc1ccc(C2=C(Nc3ccc4c(c3)OCO4)C(=O)N(c3ccc(C)cc3C)C2=O)c(C)c1. The second-order valence-electron chi connectivity index (χ2n) is 8.50. The Kier molecular flexibility index (Phi) is 4.93. The summed E-state index contributed by atoms with van der Waals surface area (Å²) in [5, 5.41) is 3.20. The zero-order chi connectivity index (χ0) is 23.3. The number of hydrogen-bond acceptors (Lipinski definition) is 5. The zero-order valence-corrected chi connectivity index (χ0v) is 19.0. The van der Waals surface area contributed by atoms with Crippen molar-refractivity contribution in [3.8, 4) is 11.5 Å². The second kappa shape index (κ2) is 7.81. The molecule has 2 aliphatic rings. The summed E-state index contributed by atoms with van der Waals surface area (Å²) in [7, 11) is 0. The lowest BCUT2D eigenvalue weighted by Gasteiger charge is -2.18. The molecule has 6 heteroatoms. The summed E-state index contributed by atoms with van der Waals surface area (Å²) < 4.78 is 10.9. The topological polar surface area (TPSA) is 67.9 Å². The quantitative estimate of drug-likeness (QED) is 0.576. The summed E-state index contributed by atoms with van der Waals surface area (Å²) in [6.45, 7) is 8.00. The van der Waals surface area contributed by atoms with Gasteiger partial charge < -0.3 is 14.8 Å². The van der Waals surface area contributed by atoms with Crippen LogP contribution in [0.25, 0.3) is 5.57 Å². The van der Waals surface area contributed by atoms with Crippen molar-refractivity contribution >= 4 is 28.8 Å². The number of aryl methyl sites for hydroxylation is 4. The lowest BCUT2D eigenvalue weighted by molar-refractivity contribution is -0.120. The predicted molar refractivity (Wildman–Crippen MR) is 127 cm³/mol. The predicted octanol–water partition coefficient (Wildman–Crippen LogP) is 5.05. The van der Waals surface area contributed by atoms with Crippen LogP contribution in [0.3, 0.4) is 0 Å². The van der Waals surface area contributed by atoms with Crippen molar-refractivity contribution in [3.63, 3.8) is 0 Å². The molecule has 0 unspecified atom stereocenters. The monoisotopic (exact) mass is 440 g/mol. The third-order valence-corrected chi connectivity index (χ3v) is 5.97. The van der Waals surface area contributed by atoms with E-state index in [1.165, 1.54) is 4.90 Å². The van der Waals surface area contributed by atoms with E-state index in [1.807, 2.05) is 64.1 Å². The number of amides is 2. The van der Waals surface area contributed by atoms with E-state index in [0.29, 0.717) is 28.4 Å². The third kappa shape index (κ3) is 3.53. The van der Waals surface area contributed by atoms with Gasteiger partial charge in [-0.25, -0.2) is 4.90 Å². The molecule has 2 aliphatic heterocycles. The van der Waals surface area contributed by atoms with E-state index in [0.717, 1.165) is 27.8 Å². The van der Waals surface area contributed by atoms with Crippen LogP contribution in [-0.4, -0.2) is 18.6 Å². The fraction of sp³-hybridized carbons (Fsp3) is 0.185. The summed E-state index contributed by atoms with van der Waals surface area (Å²) in [4.78, 5) is 28.7. The molecule has 0 fully saturated rings. The molecule has 0 spiro atoms. The highest BCUT2D eigenvalue weighted by molar-refractivity contribution is 6.46. The van der Waals surface area contributed by atoms with Crippen molar-refractivity contribution in [1.82, 2.24) is 0 Å². The van der Waals surface area contributed by atoms with E-state index in [-0.39, 0.29) is 24.3 Å². The highest BCUT2D eigenvalue weighted by Gasteiger charge is 2.41. The van der Waals surface area contributed by atoms with E-state index < -0.39 is 0 Å². The van der Waals surface area contributed by atoms with E-state index in [1.54, 1.807) is 18.2 Å². The van der Waals surface area contributed by atoms with E-state index in [2.05, 4.69) is 5.32 Å². The van der Waals surface area contributed by atoms with E-state index >= 15 is 0 Å². The van der Waals surface area contributed by atoms with Gasteiger partial charge in [0, 0.05) is 11.8 Å². The van der Waals surface area contributed by atoms with Crippen LogP contribution in [0.5, 0.6) is 11.5 Å². The minimum Gasteiger partial charge on any atom is -0.454 e. The molecule has 5 rings (SSSR count). The highest BCUT2D eigenvalue weighted by atomic mass is 16.7. The summed E-state index contributed by atoms with van der Waals surface area (Å²) in [5.41, 5.74) is 6.50. The maximum Gasteiger partial charge on any atom is 0.282 e. The first-order chi connectivity index (χ1) is 15.8.